The smallest absolute Gasteiger partial charge is 0.246 e. The molecule has 0 radical (unpaired) electrons. The van der Waals surface area contributed by atoms with Crippen LogP contribution in [0.3, 0.4) is 0 Å². The molecule has 0 spiro atoms. The van der Waals surface area contributed by atoms with Crippen molar-refractivity contribution in [3.8, 4) is 0 Å². The van der Waals surface area contributed by atoms with Gasteiger partial charge in [0.15, 0.2) is 0 Å². The number of sulfonamides is 1. The van der Waals surface area contributed by atoms with Crippen molar-refractivity contribution in [1.29, 1.82) is 0 Å². The Morgan fingerprint density at radius 3 is 2.50 bits per heavy atom. The maximum atomic E-state index is 14.0. The van der Waals surface area contributed by atoms with E-state index in [0.29, 0.717) is 18.0 Å². The highest BCUT2D eigenvalue weighted by atomic mass is 32.2. The van der Waals surface area contributed by atoms with Crippen molar-refractivity contribution in [3.63, 3.8) is 0 Å². The van der Waals surface area contributed by atoms with Gasteiger partial charge in [-0.1, -0.05) is 6.07 Å². The Bertz CT molecular complexity index is 582. The van der Waals surface area contributed by atoms with E-state index in [-0.39, 0.29) is 17.5 Å². The van der Waals surface area contributed by atoms with Gasteiger partial charge in [0.1, 0.15) is 10.7 Å². The lowest BCUT2D eigenvalue weighted by atomic mass is 10.2. The number of hydrogen-bond donors (Lipinski definition) is 1. The molecule has 0 aromatic heterocycles. The van der Waals surface area contributed by atoms with Crippen LogP contribution in [0.2, 0.25) is 0 Å². The van der Waals surface area contributed by atoms with Crippen LogP contribution >= 0.6 is 0 Å². The first-order chi connectivity index (χ1) is 9.36. The summed E-state index contributed by atoms with van der Waals surface area (Å²) in [6.07, 6.45) is 2.06. The minimum Gasteiger partial charge on any atom is -0.392 e. The molecule has 1 aliphatic rings. The van der Waals surface area contributed by atoms with Crippen LogP contribution in [0.5, 0.6) is 0 Å². The fraction of sp³-hybridized carbons (Fsp3) is 0.571. The summed E-state index contributed by atoms with van der Waals surface area (Å²) in [7, 11) is -3.83. The van der Waals surface area contributed by atoms with Gasteiger partial charge in [0.25, 0.3) is 0 Å². The van der Waals surface area contributed by atoms with Crippen molar-refractivity contribution in [2.75, 3.05) is 6.54 Å². The van der Waals surface area contributed by atoms with Gasteiger partial charge in [-0.05, 0) is 50.3 Å². The second-order valence-electron chi connectivity index (χ2n) is 5.53. The second-order valence-corrected chi connectivity index (χ2v) is 7.39. The van der Waals surface area contributed by atoms with E-state index in [1.807, 2.05) is 0 Å². The number of rotatable bonds is 6. The predicted octanol–water partition coefficient (Wildman–Crippen LogP) is 2.13. The zero-order valence-corrected chi connectivity index (χ0v) is 12.5. The van der Waals surface area contributed by atoms with Gasteiger partial charge in [-0.3, -0.25) is 0 Å². The van der Waals surface area contributed by atoms with Crippen LogP contribution < -0.4 is 0 Å². The minimum atomic E-state index is -3.83. The number of benzene rings is 1. The van der Waals surface area contributed by atoms with E-state index in [1.54, 1.807) is 13.8 Å². The van der Waals surface area contributed by atoms with Crippen molar-refractivity contribution < 1.29 is 17.9 Å². The summed E-state index contributed by atoms with van der Waals surface area (Å²) in [5.41, 5.74) is 0.361. The number of hydrogen-bond acceptors (Lipinski definition) is 3. The first-order valence-corrected chi connectivity index (χ1v) is 8.21. The van der Waals surface area contributed by atoms with Crippen molar-refractivity contribution in [2.24, 2.45) is 5.92 Å². The van der Waals surface area contributed by atoms with Gasteiger partial charge in [0, 0.05) is 12.6 Å². The largest absolute Gasteiger partial charge is 0.392 e. The van der Waals surface area contributed by atoms with Crippen molar-refractivity contribution in [2.45, 2.75) is 44.2 Å². The molecular weight excluding hydrogens is 281 g/mol. The molecular formula is C14H20FNO3S. The molecule has 2 rings (SSSR count). The fourth-order valence-corrected chi connectivity index (χ4v) is 3.88. The van der Waals surface area contributed by atoms with Crippen LogP contribution in [0.25, 0.3) is 0 Å². The fourth-order valence-electron chi connectivity index (χ4n) is 2.12. The zero-order chi connectivity index (χ0) is 14.9. The average molecular weight is 301 g/mol. The molecule has 0 saturated heterocycles. The van der Waals surface area contributed by atoms with Crippen LogP contribution in [0, 0.1) is 11.7 Å². The number of aliphatic hydroxyl groups excluding tert-OH is 1. The molecule has 1 aliphatic carbocycles. The SMILES string of the molecule is CC(C)N(CC1CC1)S(=O)(=O)c1ccc(CO)cc1F. The Morgan fingerprint density at radius 2 is 2.05 bits per heavy atom. The molecule has 0 amide bonds. The van der Waals surface area contributed by atoms with E-state index in [9.17, 15) is 12.8 Å². The average Bonchev–Trinajstić information content (AvgIpc) is 3.18. The molecule has 0 aliphatic heterocycles. The predicted molar refractivity (Wildman–Crippen MR) is 74.1 cm³/mol. The lowest BCUT2D eigenvalue weighted by molar-refractivity contribution is 0.281. The molecule has 112 valence electrons. The van der Waals surface area contributed by atoms with Crippen molar-refractivity contribution in [3.05, 3.63) is 29.6 Å². The van der Waals surface area contributed by atoms with Crippen molar-refractivity contribution in [1.82, 2.24) is 4.31 Å². The van der Waals surface area contributed by atoms with Gasteiger partial charge in [-0.25, -0.2) is 12.8 Å². The highest BCUT2D eigenvalue weighted by Gasteiger charge is 2.34. The highest BCUT2D eigenvalue weighted by molar-refractivity contribution is 7.89. The van der Waals surface area contributed by atoms with Gasteiger partial charge in [0.2, 0.25) is 10.0 Å². The summed E-state index contributed by atoms with van der Waals surface area (Å²) < 4.78 is 40.5. The van der Waals surface area contributed by atoms with E-state index in [2.05, 4.69) is 0 Å². The first kappa shape index (κ1) is 15.4. The topological polar surface area (TPSA) is 57.6 Å². The van der Waals surface area contributed by atoms with Gasteiger partial charge in [-0.15, -0.1) is 0 Å². The van der Waals surface area contributed by atoms with Gasteiger partial charge < -0.3 is 5.11 Å². The molecule has 4 nitrogen and oxygen atoms in total. The van der Waals surface area contributed by atoms with Crippen LogP contribution in [0.4, 0.5) is 4.39 Å². The molecule has 0 unspecified atom stereocenters. The molecule has 0 atom stereocenters. The number of nitrogens with zero attached hydrogens (tertiary/aromatic N) is 1. The van der Waals surface area contributed by atoms with Crippen LogP contribution in [-0.2, 0) is 16.6 Å². The van der Waals surface area contributed by atoms with Gasteiger partial charge in [-0.2, -0.15) is 4.31 Å². The maximum Gasteiger partial charge on any atom is 0.246 e. The van der Waals surface area contributed by atoms with E-state index in [4.69, 9.17) is 5.11 Å². The van der Waals surface area contributed by atoms with Crippen LogP contribution in [0.1, 0.15) is 32.3 Å². The van der Waals surface area contributed by atoms with Crippen LogP contribution in [0.15, 0.2) is 23.1 Å². The third-order valence-electron chi connectivity index (χ3n) is 3.48. The molecule has 1 aromatic rings. The Morgan fingerprint density at radius 1 is 1.40 bits per heavy atom. The van der Waals surface area contributed by atoms with Crippen molar-refractivity contribution >= 4 is 10.0 Å². The van der Waals surface area contributed by atoms with E-state index >= 15 is 0 Å². The summed E-state index contributed by atoms with van der Waals surface area (Å²) in [4.78, 5) is -0.316. The Balaban J connectivity index is 2.36. The lowest BCUT2D eigenvalue weighted by Gasteiger charge is -2.26. The first-order valence-electron chi connectivity index (χ1n) is 6.77. The molecule has 6 heteroatoms. The molecule has 20 heavy (non-hydrogen) atoms. The third kappa shape index (κ3) is 3.19. The summed E-state index contributed by atoms with van der Waals surface area (Å²) in [5.74, 6) is -0.412. The minimum absolute atomic E-state index is 0.211. The maximum absolute atomic E-state index is 14.0. The van der Waals surface area contributed by atoms with Gasteiger partial charge >= 0.3 is 0 Å². The summed E-state index contributed by atoms with van der Waals surface area (Å²) >= 11 is 0. The molecule has 1 aromatic carbocycles. The molecule has 0 heterocycles. The summed E-state index contributed by atoms with van der Waals surface area (Å²) in [6.45, 7) is 3.72. The van der Waals surface area contributed by atoms with E-state index in [0.717, 1.165) is 18.9 Å². The van der Waals surface area contributed by atoms with Crippen LogP contribution in [-0.4, -0.2) is 30.4 Å². The number of aliphatic hydroxyl groups is 1. The van der Waals surface area contributed by atoms with E-state index < -0.39 is 15.8 Å². The molecule has 1 fully saturated rings. The number of halogens is 1. The van der Waals surface area contributed by atoms with E-state index in [1.165, 1.54) is 16.4 Å². The molecule has 0 bridgehead atoms. The quantitative estimate of drug-likeness (QED) is 0.875. The standard InChI is InChI=1S/C14H20FNO3S/c1-10(2)16(8-11-3-4-11)20(18,19)14-6-5-12(9-17)7-13(14)15/h5-7,10-11,17H,3-4,8-9H2,1-2H3. The Kier molecular flexibility index (Phi) is 4.46. The second kappa shape index (κ2) is 5.79. The zero-order valence-electron chi connectivity index (χ0n) is 11.7. The monoisotopic (exact) mass is 301 g/mol. The lowest BCUT2D eigenvalue weighted by Crippen LogP contribution is -2.38. The molecule has 1 saturated carbocycles. The summed E-state index contributed by atoms with van der Waals surface area (Å²) in [6, 6.07) is 3.53. The highest BCUT2D eigenvalue weighted by Crippen LogP contribution is 2.33. The van der Waals surface area contributed by atoms with Gasteiger partial charge in [0.05, 0.1) is 6.61 Å². The summed E-state index contributed by atoms with van der Waals surface area (Å²) in [5, 5.41) is 8.95. The third-order valence-corrected chi connectivity index (χ3v) is 5.55. The Hall–Kier alpha value is -0.980. The normalized spacial score (nSPS) is 16.1. The Labute approximate surface area is 119 Å². The molecule has 1 N–H and O–H groups in total.